The van der Waals surface area contributed by atoms with Gasteiger partial charge in [-0.05, 0) is 50.8 Å². The minimum Gasteiger partial charge on any atom is -0.481 e. The van der Waals surface area contributed by atoms with Crippen LogP contribution in [0.25, 0.3) is 6.08 Å². The molecule has 6 N–H and O–H groups in total. The summed E-state index contributed by atoms with van der Waals surface area (Å²) < 4.78 is 54.3. The van der Waals surface area contributed by atoms with Crippen molar-refractivity contribution < 1.29 is 66.9 Å². The quantitative estimate of drug-likeness (QED) is 0.0687. The molecule has 0 aliphatic carbocycles. The zero-order valence-corrected chi connectivity index (χ0v) is 39.0. The summed E-state index contributed by atoms with van der Waals surface area (Å²) >= 11 is 1.66. The van der Waals surface area contributed by atoms with Crippen molar-refractivity contribution in [3.8, 4) is 0 Å². The van der Waals surface area contributed by atoms with Crippen molar-refractivity contribution in [1.29, 1.82) is 0 Å². The number of carbonyl (C=O) groups is 3. The van der Waals surface area contributed by atoms with Crippen LogP contribution in [0.3, 0.4) is 0 Å². The number of aliphatic imine (C=N–C) groups is 1. The number of rotatable bonds is 45. The number of unbranched alkanes of at least 4 members (excludes halogenated alkanes) is 2. The molecule has 2 amide bonds. The Labute approximate surface area is 383 Å². The molecular formula is C44H77N5O14S. The first-order valence-corrected chi connectivity index (χ1v) is 23.6. The largest absolute Gasteiger partial charge is 0.481 e. The number of aryl methyl sites for hydroxylation is 1. The lowest BCUT2D eigenvalue weighted by Crippen LogP contribution is -2.35. The van der Waals surface area contributed by atoms with Gasteiger partial charge in [-0.2, -0.15) is 0 Å². The number of carboxylic acids is 1. The van der Waals surface area contributed by atoms with E-state index in [1.54, 1.807) is 11.3 Å². The molecule has 0 atom stereocenters. The first kappa shape index (κ1) is 57.0. The average molecular weight is 932 g/mol. The average Bonchev–Trinajstić information content (AvgIpc) is 3.57. The predicted molar refractivity (Wildman–Crippen MR) is 244 cm³/mol. The molecule has 2 heterocycles. The van der Waals surface area contributed by atoms with Crippen LogP contribution in [-0.2, 0) is 68.2 Å². The Morgan fingerprint density at radius 2 is 1.14 bits per heavy atom. The van der Waals surface area contributed by atoms with Crippen LogP contribution in [0.2, 0.25) is 0 Å². The van der Waals surface area contributed by atoms with E-state index in [1.807, 2.05) is 11.0 Å². The van der Waals surface area contributed by atoms with E-state index in [0.29, 0.717) is 176 Å². The second-order valence-corrected chi connectivity index (χ2v) is 15.7. The maximum Gasteiger partial charge on any atom is 0.305 e. The van der Waals surface area contributed by atoms with Gasteiger partial charge < -0.3 is 74.2 Å². The first-order valence-electron chi connectivity index (χ1n) is 22.8. The third kappa shape index (κ3) is 30.9. The van der Waals surface area contributed by atoms with Crippen molar-refractivity contribution in [2.45, 2.75) is 64.7 Å². The minimum atomic E-state index is -0.880. The molecule has 368 valence electrons. The van der Waals surface area contributed by atoms with Gasteiger partial charge in [0.25, 0.3) is 0 Å². The smallest absolute Gasteiger partial charge is 0.305 e. The fraction of sp³-hybridized carbons (Fsp3) is 0.773. The number of hydrogen-bond donors (Lipinski definition) is 4. The van der Waals surface area contributed by atoms with Gasteiger partial charge in [-0.1, -0.05) is 13.3 Å². The third-order valence-corrected chi connectivity index (χ3v) is 10.3. The Balaban J connectivity index is 1.30. The van der Waals surface area contributed by atoms with E-state index < -0.39 is 5.97 Å². The molecular weight excluding hydrogens is 855 g/mol. The molecule has 0 saturated carbocycles. The molecule has 0 bridgehead atoms. The van der Waals surface area contributed by atoms with Crippen LogP contribution in [0, 0.1) is 0 Å². The first-order chi connectivity index (χ1) is 31.3. The van der Waals surface area contributed by atoms with E-state index in [-0.39, 0.29) is 24.8 Å². The Hall–Kier alpha value is -3.12. The highest BCUT2D eigenvalue weighted by molar-refractivity contribution is 7.13. The molecule has 1 aromatic rings. The Bertz CT molecular complexity index is 1420. The van der Waals surface area contributed by atoms with Gasteiger partial charge >= 0.3 is 5.97 Å². The zero-order chi connectivity index (χ0) is 46.1. The summed E-state index contributed by atoms with van der Waals surface area (Å²) in [5.41, 5.74) is 13.4. The number of thiophene rings is 1. The highest BCUT2D eigenvalue weighted by atomic mass is 32.1. The second kappa shape index (κ2) is 40.2. The number of carboxylic acid groups (broad SMARTS) is 1. The summed E-state index contributed by atoms with van der Waals surface area (Å²) in [6, 6.07) is 2.08. The SMILES string of the molecule is CCCN(CCCN)C(=O)C1=Cc2sc(CCCCCNC(=O)CCOCCOCCOCCOCCOCCOCCOCCOCCOCCOCCC(=O)O)cc2N=C(N)C1. The Morgan fingerprint density at radius 1 is 0.672 bits per heavy atom. The molecule has 20 heteroatoms. The van der Waals surface area contributed by atoms with Crippen molar-refractivity contribution >= 4 is 46.7 Å². The number of hydrogen-bond acceptors (Lipinski definition) is 17. The van der Waals surface area contributed by atoms with E-state index in [9.17, 15) is 14.4 Å². The zero-order valence-electron chi connectivity index (χ0n) is 38.2. The van der Waals surface area contributed by atoms with Crippen LogP contribution >= 0.6 is 11.3 Å². The number of ether oxygens (including phenoxy) is 10. The molecule has 0 radical (unpaired) electrons. The monoisotopic (exact) mass is 932 g/mol. The molecule has 0 saturated heterocycles. The molecule has 0 spiro atoms. The standard InChI is InChI=1S/C44H77N5O14S/c1-2-12-49(13-6-10-45)44(53)37-34-40-39(48-41(46)35-37)36-38(64-40)7-4-3-5-11-47-42(50)8-14-54-16-18-56-20-22-58-24-26-60-28-30-62-32-33-63-31-29-61-27-25-59-23-21-57-19-17-55-15-9-43(51)52/h34,36H,2-33,35,45H2,1H3,(H2,46,48)(H,47,50)(H,51,52). The van der Waals surface area contributed by atoms with E-state index >= 15 is 0 Å². The predicted octanol–water partition coefficient (Wildman–Crippen LogP) is 2.97. The number of amidine groups is 1. The van der Waals surface area contributed by atoms with Crippen LogP contribution in [0.15, 0.2) is 16.6 Å². The van der Waals surface area contributed by atoms with Crippen LogP contribution < -0.4 is 16.8 Å². The summed E-state index contributed by atoms with van der Waals surface area (Å²) in [6.07, 6.45) is 8.00. The fourth-order valence-electron chi connectivity index (χ4n) is 5.89. The molecule has 0 aromatic carbocycles. The number of fused-ring (bicyclic) bond motifs is 1. The molecule has 64 heavy (non-hydrogen) atoms. The Kier molecular flexibility index (Phi) is 35.8. The summed E-state index contributed by atoms with van der Waals surface area (Å²) in [4.78, 5) is 44.5. The Morgan fingerprint density at radius 3 is 1.59 bits per heavy atom. The van der Waals surface area contributed by atoms with Gasteiger partial charge in [-0.25, -0.2) is 4.99 Å². The number of nitrogens with two attached hydrogens (primary N) is 2. The molecule has 1 aliphatic heterocycles. The summed E-state index contributed by atoms with van der Waals surface area (Å²) in [5, 5.41) is 11.5. The van der Waals surface area contributed by atoms with Crippen LogP contribution in [0.1, 0.15) is 68.0 Å². The molecule has 0 fully saturated rings. The van der Waals surface area contributed by atoms with Crippen molar-refractivity contribution in [1.82, 2.24) is 10.2 Å². The summed E-state index contributed by atoms with van der Waals surface area (Å²) in [5.74, 6) is -0.451. The second-order valence-electron chi connectivity index (χ2n) is 14.5. The lowest BCUT2D eigenvalue weighted by molar-refractivity contribution is -0.138. The fourth-order valence-corrected chi connectivity index (χ4v) is 7.00. The number of nitrogens with one attached hydrogen (secondary N) is 1. The summed E-state index contributed by atoms with van der Waals surface area (Å²) in [6.45, 7) is 13.1. The van der Waals surface area contributed by atoms with Gasteiger partial charge in [0.2, 0.25) is 11.8 Å². The lowest BCUT2D eigenvalue weighted by Gasteiger charge is -2.23. The van der Waals surface area contributed by atoms with Gasteiger partial charge in [0.15, 0.2) is 0 Å². The van der Waals surface area contributed by atoms with Crippen molar-refractivity contribution in [2.75, 3.05) is 158 Å². The van der Waals surface area contributed by atoms with Gasteiger partial charge in [0, 0.05) is 42.9 Å². The van der Waals surface area contributed by atoms with Crippen LogP contribution in [0.5, 0.6) is 0 Å². The highest BCUT2D eigenvalue weighted by Gasteiger charge is 2.22. The normalized spacial score (nSPS) is 12.5. The van der Waals surface area contributed by atoms with Gasteiger partial charge in [-0.3, -0.25) is 14.4 Å². The lowest BCUT2D eigenvalue weighted by atomic mass is 10.1. The van der Waals surface area contributed by atoms with Crippen molar-refractivity contribution in [3.05, 3.63) is 21.4 Å². The van der Waals surface area contributed by atoms with Crippen molar-refractivity contribution in [2.24, 2.45) is 16.5 Å². The van der Waals surface area contributed by atoms with Gasteiger partial charge in [0.05, 0.1) is 149 Å². The van der Waals surface area contributed by atoms with E-state index in [0.717, 1.165) is 49.1 Å². The molecule has 1 aliphatic rings. The molecule has 2 rings (SSSR count). The molecule has 19 nitrogen and oxygen atoms in total. The van der Waals surface area contributed by atoms with E-state index in [2.05, 4.69) is 23.3 Å². The van der Waals surface area contributed by atoms with Crippen LogP contribution in [0.4, 0.5) is 5.69 Å². The molecule has 0 unspecified atom stereocenters. The van der Waals surface area contributed by atoms with Gasteiger partial charge in [0.1, 0.15) is 5.84 Å². The number of carbonyl (C=O) groups excluding carboxylic acids is 2. The number of nitrogens with zero attached hydrogens (tertiary/aromatic N) is 2. The van der Waals surface area contributed by atoms with Crippen molar-refractivity contribution in [3.63, 3.8) is 0 Å². The maximum atomic E-state index is 13.3. The summed E-state index contributed by atoms with van der Waals surface area (Å²) in [7, 11) is 0. The van der Waals surface area contributed by atoms with E-state index in [1.165, 1.54) is 4.88 Å². The number of amides is 2. The maximum absolute atomic E-state index is 13.3. The van der Waals surface area contributed by atoms with E-state index in [4.69, 9.17) is 63.9 Å². The molecule has 1 aromatic heterocycles. The highest BCUT2D eigenvalue weighted by Crippen LogP contribution is 2.35. The minimum absolute atomic E-state index is 0.00685. The number of aliphatic carboxylic acids is 1. The van der Waals surface area contributed by atoms with Crippen LogP contribution in [-0.4, -0.2) is 192 Å². The van der Waals surface area contributed by atoms with Gasteiger partial charge in [-0.15, -0.1) is 11.3 Å². The topological polar surface area (TPSA) is 243 Å². The third-order valence-electron chi connectivity index (χ3n) is 9.12.